The summed E-state index contributed by atoms with van der Waals surface area (Å²) in [6, 6.07) is 4.73. The number of aldehydes is 1. The zero-order chi connectivity index (χ0) is 12.3. The van der Waals surface area contributed by atoms with Crippen LogP contribution in [0.3, 0.4) is 0 Å². The molecule has 0 atom stereocenters. The molecule has 17 heavy (non-hydrogen) atoms. The molecule has 1 heterocycles. The number of hydrogen-bond donors (Lipinski definition) is 1. The largest absolute Gasteiger partial charge is 0.419 e. The Morgan fingerprint density at radius 1 is 1.35 bits per heavy atom. The van der Waals surface area contributed by atoms with Gasteiger partial charge in [0.05, 0.1) is 17.3 Å². The SMILES string of the molecule is O=CCC#Cc1ccc2[nH]c(=O)oc(=O)c2c1. The van der Waals surface area contributed by atoms with E-state index in [4.69, 9.17) is 0 Å². The van der Waals surface area contributed by atoms with E-state index in [0.717, 1.165) is 0 Å². The number of carbonyl (C=O) groups is 1. The summed E-state index contributed by atoms with van der Waals surface area (Å²) in [4.78, 5) is 34.8. The minimum atomic E-state index is -0.790. The van der Waals surface area contributed by atoms with E-state index in [2.05, 4.69) is 21.2 Å². The van der Waals surface area contributed by atoms with Crippen LogP contribution in [-0.2, 0) is 4.79 Å². The van der Waals surface area contributed by atoms with Gasteiger partial charge in [0.1, 0.15) is 6.29 Å². The van der Waals surface area contributed by atoms with Crippen LogP contribution in [0.4, 0.5) is 0 Å². The maximum Gasteiger partial charge on any atom is 0.419 e. The Labute approximate surface area is 95.1 Å². The Hall–Kier alpha value is -2.61. The Morgan fingerprint density at radius 2 is 2.18 bits per heavy atom. The topological polar surface area (TPSA) is 80.1 Å². The van der Waals surface area contributed by atoms with Crippen LogP contribution >= 0.6 is 0 Å². The summed E-state index contributed by atoms with van der Waals surface area (Å²) >= 11 is 0. The van der Waals surface area contributed by atoms with Gasteiger partial charge in [-0.3, -0.25) is 4.98 Å². The molecule has 0 aliphatic heterocycles. The van der Waals surface area contributed by atoms with E-state index in [9.17, 15) is 14.4 Å². The predicted molar refractivity (Wildman–Crippen MR) is 60.7 cm³/mol. The number of nitrogens with one attached hydrogen (secondary N) is 1. The normalized spacial score (nSPS) is 9.65. The predicted octanol–water partition coefficient (Wildman–Crippen LogP) is 0.422. The van der Waals surface area contributed by atoms with Crippen LogP contribution in [0.15, 0.2) is 32.2 Å². The van der Waals surface area contributed by atoms with Crippen molar-refractivity contribution in [2.24, 2.45) is 0 Å². The van der Waals surface area contributed by atoms with Crippen LogP contribution in [-0.4, -0.2) is 11.3 Å². The van der Waals surface area contributed by atoms with Gasteiger partial charge >= 0.3 is 11.4 Å². The summed E-state index contributed by atoms with van der Waals surface area (Å²) in [5, 5.41) is 0.252. The second kappa shape index (κ2) is 4.49. The minimum absolute atomic E-state index is 0.137. The highest BCUT2D eigenvalue weighted by Gasteiger charge is 2.02. The lowest BCUT2D eigenvalue weighted by Gasteiger charge is -1.95. The fourth-order valence-corrected chi connectivity index (χ4v) is 1.37. The first-order valence-corrected chi connectivity index (χ1v) is 4.80. The smallest absolute Gasteiger partial charge is 0.372 e. The molecule has 0 spiro atoms. The third-order valence-electron chi connectivity index (χ3n) is 2.08. The average Bonchev–Trinajstić information content (AvgIpc) is 2.30. The highest BCUT2D eigenvalue weighted by atomic mass is 16.4. The molecule has 5 nitrogen and oxygen atoms in total. The van der Waals surface area contributed by atoms with Crippen LogP contribution < -0.4 is 11.4 Å². The third-order valence-corrected chi connectivity index (χ3v) is 2.08. The van der Waals surface area contributed by atoms with Gasteiger partial charge in [-0.05, 0) is 18.2 Å². The quantitative estimate of drug-likeness (QED) is 0.567. The van der Waals surface area contributed by atoms with Gasteiger partial charge in [0, 0.05) is 5.56 Å². The van der Waals surface area contributed by atoms with Crippen molar-refractivity contribution in [3.05, 3.63) is 44.7 Å². The molecule has 0 unspecified atom stereocenters. The standard InChI is InChI=1S/C12H7NO4/c14-6-2-1-3-8-4-5-10-9(7-8)11(15)17-12(16)13-10/h4-7H,2H2,(H,13,16). The molecule has 0 aliphatic carbocycles. The molecule has 0 saturated heterocycles. The molecule has 1 aromatic heterocycles. The molecule has 0 bridgehead atoms. The number of rotatable bonds is 1. The lowest BCUT2D eigenvalue weighted by Crippen LogP contribution is -2.14. The van der Waals surface area contributed by atoms with Crippen molar-refractivity contribution in [3.8, 4) is 11.8 Å². The minimum Gasteiger partial charge on any atom is -0.372 e. The fourth-order valence-electron chi connectivity index (χ4n) is 1.37. The molecule has 0 aliphatic rings. The first-order valence-electron chi connectivity index (χ1n) is 4.80. The van der Waals surface area contributed by atoms with Crippen molar-refractivity contribution in [2.45, 2.75) is 6.42 Å². The lowest BCUT2D eigenvalue weighted by atomic mass is 10.1. The maximum atomic E-state index is 11.4. The van der Waals surface area contributed by atoms with Gasteiger partial charge in [-0.25, -0.2) is 9.59 Å². The summed E-state index contributed by atoms with van der Waals surface area (Å²) in [5.74, 6) is 4.56. The van der Waals surface area contributed by atoms with Crippen LogP contribution in [0.2, 0.25) is 0 Å². The fraction of sp³-hybridized carbons (Fsp3) is 0.0833. The van der Waals surface area contributed by atoms with Crippen molar-refractivity contribution >= 4 is 17.2 Å². The highest BCUT2D eigenvalue weighted by molar-refractivity contribution is 5.78. The molecule has 84 valence electrons. The van der Waals surface area contributed by atoms with Gasteiger partial charge in [-0.1, -0.05) is 11.8 Å². The molecule has 2 aromatic rings. The first-order chi connectivity index (χ1) is 8.20. The van der Waals surface area contributed by atoms with Crippen molar-refractivity contribution in [1.82, 2.24) is 4.98 Å². The van der Waals surface area contributed by atoms with E-state index in [0.29, 0.717) is 17.4 Å². The van der Waals surface area contributed by atoms with Gasteiger partial charge in [-0.15, -0.1) is 0 Å². The number of aromatic nitrogens is 1. The van der Waals surface area contributed by atoms with Gasteiger partial charge < -0.3 is 9.21 Å². The van der Waals surface area contributed by atoms with Crippen LogP contribution in [0.5, 0.6) is 0 Å². The van der Waals surface area contributed by atoms with Crippen molar-refractivity contribution in [2.75, 3.05) is 0 Å². The van der Waals surface area contributed by atoms with E-state index in [1.807, 2.05) is 0 Å². The lowest BCUT2D eigenvalue weighted by molar-refractivity contribution is -0.107. The van der Waals surface area contributed by atoms with Crippen LogP contribution in [0, 0.1) is 11.8 Å². The van der Waals surface area contributed by atoms with E-state index in [-0.39, 0.29) is 11.8 Å². The summed E-state index contributed by atoms with van der Waals surface area (Å²) in [6.07, 6.45) is 0.832. The first kappa shape index (κ1) is 10.9. The Morgan fingerprint density at radius 3 is 2.94 bits per heavy atom. The van der Waals surface area contributed by atoms with Gasteiger partial charge in [0.2, 0.25) is 0 Å². The molecule has 2 rings (SSSR count). The van der Waals surface area contributed by atoms with E-state index in [1.165, 1.54) is 6.07 Å². The molecule has 1 aromatic carbocycles. The number of hydrogen-bond acceptors (Lipinski definition) is 4. The van der Waals surface area contributed by atoms with Crippen molar-refractivity contribution in [3.63, 3.8) is 0 Å². The molecule has 0 fully saturated rings. The van der Waals surface area contributed by atoms with E-state index < -0.39 is 11.4 Å². The summed E-state index contributed by atoms with van der Waals surface area (Å²) in [5.41, 5.74) is 0.272. The van der Waals surface area contributed by atoms with Crippen molar-refractivity contribution < 1.29 is 9.21 Å². The summed E-state index contributed by atoms with van der Waals surface area (Å²) in [6.45, 7) is 0. The number of H-pyrrole nitrogens is 1. The number of carbonyl (C=O) groups excluding carboxylic acids is 1. The molecule has 0 saturated carbocycles. The average molecular weight is 229 g/mol. The Bertz CT molecular complexity index is 743. The second-order valence-corrected chi connectivity index (χ2v) is 3.23. The molecule has 1 N–H and O–H groups in total. The van der Waals surface area contributed by atoms with Crippen LogP contribution in [0.25, 0.3) is 10.9 Å². The molecule has 5 heteroatoms. The number of benzene rings is 1. The maximum absolute atomic E-state index is 11.4. The van der Waals surface area contributed by atoms with Crippen LogP contribution in [0.1, 0.15) is 12.0 Å². The molecule has 0 amide bonds. The van der Waals surface area contributed by atoms with Gasteiger partial charge in [0.15, 0.2) is 0 Å². The van der Waals surface area contributed by atoms with Gasteiger partial charge in [-0.2, -0.15) is 0 Å². The monoisotopic (exact) mass is 229 g/mol. The molecular weight excluding hydrogens is 222 g/mol. The Kier molecular flexibility index (Phi) is 2.88. The molecular formula is C12H7NO4. The zero-order valence-corrected chi connectivity index (χ0v) is 8.65. The van der Waals surface area contributed by atoms with E-state index >= 15 is 0 Å². The Balaban J connectivity index is 2.59. The van der Waals surface area contributed by atoms with Crippen molar-refractivity contribution in [1.29, 1.82) is 0 Å². The summed E-state index contributed by atoms with van der Waals surface area (Å²) in [7, 11) is 0. The highest BCUT2D eigenvalue weighted by Crippen LogP contribution is 2.07. The molecule has 0 radical (unpaired) electrons. The summed E-state index contributed by atoms with van der Waals surface area (Å²) < 4.78 is 4.40. The number of aromatic amines is 1. The third kappa shape index (κ3) is 2.32. The van der Waals surface area contributed by atoms with Gasteiger partial charge in [0.25, 0.3) is 0 Å². The number of fused-ring (bicyclic) bond motifs is 1. The second-order valence-electron chi connectivity index (χ2n) is 3.23. The zero-order valence-electron chi connectivity index (χ0n) is 8.65. The van der Waals surface area contributed by atoms with E-state index in [1.54, 1.807) is 12.1 Å².